The summed E-state index contributed by atoms with van der Waals surface area (Å²) in [5, 5.41) is 0. The average Bonchev–Trinajstić information content (AvgIpc) is 2.80. The first kappa shape index (κ1) is 16.3. The van der Waals surface area contributed by atoms with Gasteiger partial charge in [0.15, 0.2) is 0 Å². The average molecular weight is 292 g/mol. The van der Waals surface area contributed by atoms with Gasteiger partial charge in [0.25, 0.3) is 0 Å². The molecule has 1 aromatic rings. The molecule has 0 atom stereocenters. The van der Waals surface area contributed by atoms with Crippen molar-refractivity contribution in [3.63, 3.8) is 0 Å². The molecule has 2 N–H and O–H groups in total. The molecule has 2 nitrogen and oxygen atoms in total. The van der Waals surface area contributed by atoms with Gasteiger partial charge in [0, 0.05) is 18.8 Å². The maximum Gasteiger partial charge on any atom is 0.125 e. The van der Waals surface area contributed by atoms with Crippen LogP contribution in [0.2, 0.25) is 0 Å². The van der Waals surface area contributed by atoms with Gasteiger partial charge in [-0.2, -0.15) is 0 Å². The first-order valence-electron chi connectivity index (χ1n) is 8.14. The van der Waals surface area contributed by atoms with Crippen LogP contribution >= 0.6 is 0 Å². The minimum atomic E-state index is -0.152. The van der Waals surface area contributed by atoms with Crippen molar-refractivity contribution in [2.45, 2.75) is 52.5 Å². The second kappa shape index (κ2) is 6.35. The molecular formula is C18H29FN2. The van der Waals surface area contributed by atoms with Gasteiger partial charge in [0.1, 0.15) is 5.82 Å². The van der Waals surface area contributed by atoms with Gasteiger partial charge in [0.05, 0.1) is 5.54 Å². The smallest absolute Gasteiger partial charge is 0.125 e. The van der Waals surface area contributed by atoms with E-state index in [1.165, 1.54) is 5.56 Å². The summed E-state index contributed by atoms with van der Waals surface area (Å²) < 4.78 is 13.7. The van der Waals surface area contributed by atoms with Crippen molar-refractivity contribution in [2.75, 3.05) is 18.0 Å². The van der Waals surface area contributed by atoms with Gasteiger partial charge in [-0.05, 0) is 48.8 Å². The van der Waals surface area contributed by atoms with Gasteiger partial charge >= 0.3 is 0 Å². The molecule has 0 radical (unpaired) electrons. The molecule has 0 aliphatic carbocycles. The molecule has 0 bridgehead atoms. The predicted molar refractivity (Wildman–Crippen MR) is 88.1 cm³/mol. The fourth-order valence-corrected chi connectivity index (χ4v) is 3.95. The van der Waals surface area contributed by atoms with E-state index >= 15 is 0 Å². The van der Waals surface area contributed by atoms with E-state index in [0.29, 0.717) is 18.4 Å². The standard InChI is InChI=1S/C18H29FN2/c1-13(2)10-18(12-20,11-14(3)4)21-8-7-15-5-6-16(19)9-17(15)21/h5-6,9,13-14H,7-8,10-12,20H2,1-4H3. The fourth-order valence-electron chi connectivity index (χ4n) is 3.95. The highest BCUT2D eigenvalue weighted by Gasteiger charge is 2.39. The summed E-state index contributed by atoms with van der Waals surface area (Å²) >= 11 is 0. The summed E-state index contributed by atoms with van der Waals surface area (Å²) in [7, 11) is 0. The van der Waals surface area contributed by atoms with E-state index in [2.05, 4.69) is 32.6 Å². The Balaban J connectivity index is 2.41. The third-order valence-corrected chi connectivity index (χ3v) is 4.47. The van der Waals surface area contributed by atoms with Crippen LogP contribution in [0.5, 0.6) is 0 Å². The lowest BCUT2D eigenvalue weighted by Crippen LogP contribution is -2.55. The Morgan fingerprint density at radius 1 is 1.19 bits per heavy atom. The van der Waals surface area contributed by atoms with Crippen LogP contribution in [0.3, 0.4) is 0 Å². The summed E-state index contributed by atoms with van der Waals surface area (Å²) in [5.74, 6) is 0.996. The fraction of sp³-hybridized carbons (Fsp3) is 0.667. The van der Waals surface area contributed by atoms with Crippen LogP contribution in [0, 0.1) is 17.7 Å². The SMILES string of the molecule is CC(C)CC(CN)(CC(C)C)N1CCc2ccc(F)cc21. The molecule has 21 heavy (non-hydrogen) atoms. The van der Waals surface area contributed by atoms with Crippen molar-refractivity contribution in [2.24, 2.45) is 17.6 Å². The maximum absolute atomic E-state index is 13.7. The zero-order valence-electron chi connectivity index (χ0n) is 13.8. The second-order valence-corrected chi connectivity index (χ2v) is 7.30. The number of fused-ring (bicyclic) bond motifs is 1. The highest BCUT2D eigenvalue weighted by Crippen LogP contribution is 2.40. The molecular weight excluding hydrogens is 263 g/mol. The number of nitrogens with zero attached hydrogens (tertiary/aromatic N) is 1. The number of halogens is 1. The molecule has 2 rings (SSSR count). The predicted octanol–water partition coefficient (Wildman–Crippen LogP) is 3.98. The van der Waals surface area contributed by atoms with Crippen LogP contribution in [0.15, 0.2) is 18.2 Å². The highest BCUT2D eigenvalue weighted by molar-refractivity contribution is 5.60. The largest absolute Gasteiger partial charge is 0.364 e. The zero-order valence-corrected chi connectivity index (χ0v) is 13.8. The van der Waals surface area contributed by atoms with Crippen molar-refractivity contribution in [3.8, 4) is 0 Å². The molecule has 1 aliphatic heterocycles. The number of anilines is 1. The van der Waals surface area contributed by atoms with Crippen molar-refractivity contribution in [1.29, 1.82) is 0 Å². The normalized spacial score (nSPS) is 15.1. The monoisotopic (exact) mass is 292 g/mol. The molecule has 1 heterocycles. The molecule has 0 fully saturated rings. The molecule has 3 heteroatoms. The van der Waals surface area contributed by atoms with E-state index < -0.39 is 0 Å². The van der Waals surface area contributed by atoms with Gasteiger partial charge < -0.3 is 10.6 Å². The molecule has 1 aliphatic rings. The Hall–Kier alpha value is -1.09. The minimum Gasteiger partial charge on any atom is -0.364 e. The highest BCUT2D eigenvalue weighted by atomic mass is 19.1. The molecule has 0 amide bonds. The third-order valence-electron chi connectivity index (χ3n) is 4.47. The van der Waals surface area contributed by atoms with Crippen LogP contribution in [0.1, 0.15) is 46.1 Å². The first-order chi connectivity index (χ1) is 9.88. The van der Waals surface area contributed by atoms with Gasteiger partial charge in [-0.25, -0.2) is 4.39 Å². The Morgan fingerprint density at radius 3 is 2.33 bits per heavy atom. The zero-order chi connectivity index (χ0) is 15.6. The molecule has 0 unspecified atom stereocenters. The second-order valence-electron chi connectivity index (χ2n) is 7.30. The summed E-state index contributed by atoms with van der Waals surface area (Å²) in [6, 6.07) is 5.18. The number of benzene rings is 1. The molecule has 0 aromatic heterocycles. The van der Waals surface area contributed by atoms with Crippen molar-refractivity contribution in [1.82, 2.24) is 0 Å². The summed E-state index contributed by atoms with van der Waals surface area (Å²) in [6.07, 6.45) is 3.10. The minimum absolute atomic E-state index is 0.0542. The molecule has 0 saturated heterocycles. The van der Waals surface area contributed by atoms with E-state index in [1.807, 2.05) is 6.07 Å². The quantitative estimate of drug-likeness (QED) is 0.859. The summed E-state index contributed by atoms with van der Waals surface area (Å²) in [5.41, 5.74) is 8.50. The lowest BCUT2D eigenvalue weighted by molar-refractivity contribution is 0.274. The van der Waals surface area contributed by atoms with Crippen LogP contribution < -0.4 is 10.6 Å². The Morgan fingerprint density at radius 2 is 1.81 bits per heavy atom. The van der Waals surface area contributed by atoms with Crippen molar-refractivity contribution < 1.29 is 4.39 Å². The van der Waals surface area contributed by atoms with Gasteiger partial charge in [-0.15, -0.1) is 0 Å². The topological polar surface area (TPSA) is 29.3 Å². The van der Waals surface area contributed by atoms with Gasteiger partial charge in [-0.1, -0.05) is 33.8 Å². The van der Waals surface area contributed by atoms with E-state index in [0.717, 1.165) is 31.5 Å². The Labute approximate surface area is 128 Å². The van der Waals surface area contributed by atoms with Crippen LogP contribution in [0.25, 0.3) is 0 Å². The van der Waals surface area contributed by atoms with E-state index in [4.69, 9.17) is 5.73 Å². The van der Waals surface area contributed by atoms with E-state index in [1.54, 1.807) is 12.1 Å². The van der Waals surface area contributed by atoms with Gasteiger partial charge in [-0.3, -0.25) is 0 Å². The molecule has 1 aromatic carbocycles. The molecule has 0 spiro atoms. The van der Waals surface area contributed by atoms with Gasteiger partial charge in [0.2, 0.25) is 0 Å². The number of hydrogen-bond donors (Lipinski definition) is 1. The van der Waals surface area contributed by atoms with E-state index in [9.17, 15) is 4.39 Å². The van der Waals surface area contributed by atoms with Crippen LogP contribution in [0.4, 0.5) is 10.1 Å². The third kappa shape index (κ3) is 3.39. The molecule has 118 valence electrons. The Kier molecular flexibility index (Phi) is 4.92. The number of hydrogen-bond acceptors (Lipinski definition) is 2. The number of rotatable bonds is 6. The maximum atomic E-state index is 13.7. The van der Waals surface area contributed by atoms with Crippen molar-refractivity contribution >= 4 is 5.69 Å². The summed E-state index contributed by atoms with van der Waals surface area (Å²) in [6.45, 7) is 10.6. The van der Waals surface area contributed by atoms with Crippen molar-refractivity contribution in [3.05, 3.63) is 29.6 Å². The Bertz CT molecular complexity index is 472. The lowest BCUT2D eigenvalue weighted by Gasteiger charge is -2.45. The first-order valence-corrected chi connectivity index (χ1v) is 8.14. The number of nitrogens with two attached hydrogens (primary N) is 1. The summed E-state index contributed by atoms with van der Waals surface area (Å²) in [4.78, 5) is 2.39. The molecule has 0 saturated carbocycles. The van der Waals surface area contributed by atoms with Crippen LogP contribution in [-0.2, 0) is 6.42 Å². The van der Waals surface area contributed by atoms with E-state index in [-0.39, 0.29) is 11.4 Å². The van der Waals surface area contributed by atoms with Crippen LogP contribution in [-0.4, -0.2) is 18.6 Å². The lowest BCUT2D eigenvalue weighted by atomic mass is 9.80.